The lowest BCUT2D eigenvalue weighted by molar-refractivity contribution is -0.111. The number of nitrogens with one attached hydrogen (secondary N) is 1. The molecule has 0 aliphatic carbocycles. The highest BCUT2D eigenvalue weighted by Crippen LogP contribution is 2.24. The van der Waals surface area contributed by atoms with E-state index in [4.69, 9.17) is 0 Å². The van der Waals surface area contributed by atoms with Crippen LogP contribution in [0.1, 0.15) is 42.3 Å². The molecule has 2 amide bonds. The number of rotatable bonds is 5. The van der Waals surface area contributed by atoms with Gasteiger partial charge in [0.05, 0.1) is 0 Å². The highest BCUT2D eigenvalue weighted by molar-refractivity contribution is 6.02. The molecule has 0 aliphatic rings. The standard InChI is InChI=1S/C28H30N2O2/c1-28(2,3)24-14-9-20(10-15-24)11-18-26(31)29-25-16-12-21(13-17-25)22-7-6-8-23(19-22)27(32)30(4)5/h6-19H,1-5H3,(H,29,31)/b18-11+. The van der Waals surface area contributed by atoms with Crippen LogP contribution in [0.3, 0.4) is 0 Å². The molecular weight excluding hydrogens is 396 g/mol. The van der Waals surface area contributed by atoms with E-state index >= 15 is 0 Å². The molecule has 0 radical (unpaired) electrons. The van der Waals surface area contributed by atoms with Crippen molar-refractivity contribution in [3.05, 3.63) is 95.6 Å². The maximum atomic E-state index is 12.3. The average Bonchev–Trinajstić information content (AvgIpc) is 2.77. The predicted molar refractivity (Wildman–Crippen MR) is 133 cm³/mol. The molecule has 0 spiro atoms. The molecule has 164 valence electrons. The van der Waals surface area contributed by atoms with Crippen LogP contribution < -0.4 is 5.32 Å². The maximum absolute atomic E-state index is 12.3. The van der Waals surface area contributed by atoms with Crippen LogP contribution in [0, 0.1) is 0 Å². The van der Waals surface area contributed by atoms with Gasteiger partial charge in [0.15, 0.2) is 0 Å². The number of carbonyl (C=O) groups is 2. The van der Waals surface area contributed by atoms with E-state index in [2.05, 4.69) is 38.2 Å². The lowest BCUT2D eigenvalue weighted by Gasteiger charge is -2.18. The van der Waals surface area contributed by atoms with Crippen molar-refractivity contribution >= 4 is 23.6 Å². The quantitative estimate of drug-likeness (QED) is 0.508. The molecule has 4 heteroatoms. The number of benzene rings is 3. The van der Waals surface area contributed by atoms with E-state index in [1.54, 1.807) is 19.0 Å². The minimum atomic E-state index is -0.184. The summed E-state index contributed by atoms with van der Waals surface area (Å²) in [6.45, 7) is 6.53. The maximum Gasteiger partial charge on any atom is 0.253 e. The molecule has 0 heterocycles. The SMILES string of the molecule is CN(C)C(=O)c1cccc(-c2ccc(NC(=O)/C=C/c3ccc(C(C)(C)C)cc3)cc2)c1. The summed E-state index contributed by atoms with van der Waals surface area (Å²) in [5, 5.41) is 2.88. The van der Waals surface area contributed by atoms with Crippen molar-refractivity contribution in [2.24, 2.45) is 0 Å². The van der Waals surface area contributed by atoms with Gasteiger partial charge in [0.1, 0.15) is 0 Å². The van der Waals surface area contributed by atoms with Crippen molar-refractivity contribution in [2.45, 2.75) is 26.2 Å². The van der Waals surface area contributed by atoms with Crippen LogP contribution in [0.25, 0.3) is 17.2 Å². The third-order valence-electron chi connectivity index (χ3n) is 5.21. The van der Waals surface area contributed by atoms with Crippen LogP contribution >= 0.6 is 0 Å². The number of hydrogen-bond donors (Lipinski definition) is 1. The molecule has 3 aromatic rings. The molecular formula is C28H30N2O2. The first-order valence-electron chi connectivity index (χ1n) is 10.7. The number of nitrogens with zero attached hydrogens (tertiary/aromatic N) is 1. The Kier molecular flexibility index (Phi) is 6.94. The summed E-state index contributed by atoms with van der Waals surface area (Å²) in [5.74, 6) is -0.216. The van der Waals surface area contributed by atoms with E-state index in [1.165, 1.54) is 11.6 Å². The van der Waals surface area contributed by atoms with Gasteiger partial charge >= 0.3 is 0 Å². The molecule has 0 bridgehead atoms. The van der Waals surface area contributed by atoms with Gasteiger partial charge in [-0.1, -0.05) is 69.3 Å². The molecule has 0 unspecified atom stereocenters. The Labute approximate surface area is 190 Å². The highest BCUT2D eigenvalue weighted by atomic mass is 16.2. The molecule has 0 atom stereocenters. The minimum absolute atomic E-state index is 0.0319. The Hall–Kier alpha value is -3.66. The lowest BCUT2D eigenvalue weighted by Crippen LogP contribution is -2.21. The first-order chi connectivity index (χ1) is 15.1. The van der Waals surface area contributed by atoms with Crippen molar-refractivity contribution in [3.63, 3.8) is 0 Å². The van der Waals surface area contributed by atoms with Crippen LogP contribution in [-0.2, 0) is 10.2 Å². The van der Waals surface area contributed by atoms with Crippen molar-refractivity contribution < 1.29 is 9.59 Å². The summed E-state index contributed by atoms with van der Waals surface area (Å²) >= 11 is 0. The number of amides is 2. The normalized spacial score (nSPS) is 11.4. The molecule has 3 rings (SSSR count). The van der Waals surface area contributed by atoms with Crippen LogP contribution in [0.5, 0.6) is 0 Å². The fourth-order valence-corrected chi connectivity index (χ4v) is 3.29. The van der Waals surface area contributed by atoms with E-state index in [9.17, 15) is 9.59 Å². The lowest BCUT2D eigenvalue weighted by atomic mass is 9.87. The van der Waals surface area contributed by atoms with E-state index < -0.39 is 0 Å². The molecule has 3 aromatic carbocycles. The fourth-order valence-electron chi connectivity index (χ4n) is 3.29. The monoisotopic (exact) mass is 426 g/mol. The van der Waals surface area contributed by atoms with Gasteiger partial charge in [-0.05, 0) is 58.0 Å². The Bertz CT molecular complexity index is 1120. The largest absolute Gasteiger partial charge is 0.345 e. The topological polar surface area (TPSA) is 49.4 Å². The van der Waals surface area contributed by atoms with Crippen LogP contribution in [0.2, 0.25) is 0 Å². The van der Waals surface area contributed by atoms with Gasteiger partial charge in [0.2, 0.25) is 5.91 Å². The zero-order valence-corrected chi connectivity index (χ0v) is 19.3. The Morgan fingerprint density at radius 2 is 1.50 bits per heavy atom. The second kappa shape index (κ2) is 9.65. The van der Waals surface area contributed by atoms with E-state index in [0.29, 0.717) is 11.3 Å². The third-order valence-corrected chi connectivity index (χ3v) is 5.21. The van der Waals surface area contributed by atoms with Crippen molar-refractivity contribution in [1.82, 2.24) is 4.90 Å². The van der Waals surface area contributed by atoms with Crippen molar-refractivity contribution in [2.75, 3.05) is 19.4 Å². The predicted octanol–water partition coefficient (Wildman–Crippen LogP) is 6.00. The Morgan fingerprint density at radius 3 is 2.09 bits per heavy atom. The van der Waals surface area contributed by atoms with Gasteiger partial charge in [-0.15, -0.1) is 0 Å². The molecule has 0 saturated carbocycles. The van der Waals surface area contributed by atoms with Crippen LogP contribution in [0.4, 0.5) is 5.69 Å². The van der Waals surface area contributed by atoms with Crippen LogP contribution in [0.15, 0.2) is 78.9 Å². The minimum Gasteiger partial charge on any atom is -0.345 e. The smallest absolute Gasteiger partial charge is 0.253 e. The van der Waals surface area contributed by atoms with Crippen molar-refractivity contribution in [3.8, 4) is 11.1 Å². The Balaban J connectivity index is 1.64. The highest BCUT2D eigenvalue weighted by Gasteiger charge is 2.12. The van der Waals surface area contributed by atoms with Gasteiger partial charge in [0.25, 0.3) is 5.91 Å². The van der Waals surface area contributed by atoms with E-state index in [0.717, 1.165) is 16.7 Å². The summed E-state index contributed by atoms with van der Waals surface area (Å²) in [5.41, 5.74) is 5.64. The molecule has 1 N–H and O–H groups in total. The zero-order chi connectivity index (χ0) is 23.3. The average molecular weight is 427 g/mol. The van der Waals surface area contributed by atoms with Crippen molar-refractivity contribution in [1.29, 1.82) is 0 Å². The van der Waals surface area contributed by atoms with Crippen LogP contribution in [-0.4, -0.2) is 30.8 Å². The summed E-state index contributed by atoms with van der Waals surface area (Å²) in [6.07, 6.45) is 3.35. The van der Waals surface area contributed by atoms with Gasteiger partial charge < -0.3 is 10.2 Å². The second-order valence-corrected chi connectivity index (χ2v) is 9.05. The zero-order valence-electron chi connectivity index (χ0n) is 19.3. The molecule has 32 heavy (non-hydrogen) atoms. The fraction of sp³-hybridized carbons (Fsp3) is 0.214. The summed E-state index contributed by atoms with van der Waals surface area (Å²) in [6, 6.07) is 23.4. The van der Waals surface area contributed by atoms with Gasteiger partial charge in [-0.2, -0.15) is 0 Å². The molecule has 0 saturated heterocycles. The summed E-state index contributed by atoms with van der Waals surface area (Å²) in [7, 11) is 3.48. The first-order valence-corrected chi connectivity index (χ1v) is 10.7. The summed E-state index contributed by atoms with van der Waals surface area (Å²) in [4.78, 5) is 26.1. The van der Waals surface area contributed by atoms with E-state index in [1.807, 2.05) is 66.7 Å². The van der Waals surface area contributed by atoms with Gasteiger partial charge in [-0.3, -0.25) is 9.59 Å². The molecule has 0 aliphatic heterocycles. The number of anilines is 1. The first kappa shape index (κ1) is 23.0. The van der Waals surface area contributed by atoms with Gasteiger partial charge in [0, 0.05) is 31.4 Å². The number of hydrogen-bond acceptors (Lipinski definition) is 2. The summed E-state index contributed by atoms with van der Waals surface area (Å²) < 4.78 is 0. The third kappa shape index (κ3) is 5.94. The van der Waals surface area contributed by atoms with Gasteiger partial charge in [-0.25, -0.2) is 0 Å². The molecule has 0 fully saturated rings. The molecule has 0 aromatic heterocycles. The number of carbonyl (C=O) groups excluding carboxylic acids is 2. The Morgan fingerprint density at radius 1 is 0.844 bits per heavy atom. The molecule has 4 nitrogen and oxygen atoms in total. The second-order valence-electron chi connectivity index (χ2n) is 9.05. The van der Waals surface area contributed by atoms with E-state index in [-0.39, 0.29) is 17.2 Å².